The van der Waals surface area contributed by atoms with Crippen molar-refractivity contribution in [2.24, 2.45) is 5.92 Å². The van der Waals surface area contributed by atoms with Gasteiger partial charge in [0.05, 0.1) is 11.6 Å². The standard InChI is InChI=1S/C23H29N7O/c1-4-30-16(2)19(10-24-30)11-28-12-20-13-29(21(31)18-8-6-5-7-9-18)15-23(20,14-28)22-25-17(3)26-27-22/h5-10,20H,4,11-15H2,1-3H3,(H,25,26,27)/t20-,23-/m1/s1. The van der Waals surface area contributed by atoms with E-state index in [1.54, 1.807) is 0 Å². The van der Waals surface area contributed by atoms with Crippen LogP contribution >= 0.6 is 0 Å². The van der Waals surface area contributed by atoms with E-state index in [2.05, 4.69) is 34.0 Å². The van der Waals surface area contributed by atoms with Crippen molar-refractivity contribution in [3.8, 4) is 0 Å². The third kappa shape index (κ3) is 3.35. The quantitative estimate of drug-likeness (QED) is 0.685. The Hall–Kier alpha value is -3.00. The SMILES string of the molecule is CCn1ncc(CN2C[C@@H]3CN(C(=O)c4ccccc4)C[C@]3(c3n[nH]c(C)n3)C2)c1C. The lowest BCUT2D eigenvalue weighted by atomic mass is 9.80. The number of aromatic amines is 1. The number of nitrogens with zero attached hydrogens (tertiary/aromatic N) is 6. The highest BCUT2D eigenvalue weighted by Crippen LogP contribution is 2.44. The van der Waals surface area contributed by atoms with Crippen molar-refractivity contribution in [2.45, 2.75) is 39.3 Å². The van der Waals surface area contributed by atoms with E-state index in [1.807, 2.05) is 53.0 Å². The fourth-order valence-electron chi connectivity index (χ4n) is 5.29. The molecule has 0 unspecified atom stereocenters. The molecule has 0 aliphatic carbocycles. The van der Waals surface area contributed by atoms with Crippen LogP contribution in [0, 0.1) is 19.8 Å². The van der Waals surface area contributed by atoms with Crippen molar-refractivity contribution >= 4 is 5.91 Å². The fraction of sp³-hybridized carbons (Fsp3) is 0.478. The van der Waals surface area contributed by atoms with Gasteiger partial charge in [-0.3, -0.25) is 19.5 Å². The number of fused-ring (bicyclic) bond motifs is 1. The topological polar surface area (TPSA) is 82.9 Å². The lowest BCUT2D eigenvalue weighted by Gasteiger charge is -2.27. The number of likely N-dealkylation sites (tertiary alicyclic amines) is 2. The molecule has 2 saturated heterocycles. The molecule has 1 amide bonds. The van der Waals surface area contributed by atoms with Gasteiger partial charge in [0.15, 0.2) is 5.82 Å². The normalized spacial score (nSPS) is 23.5. The minimum Gasteiger partial charge on any atom is -0.337 e. The summed E-state index contributed by atoms with van der Waals surface area (Å²) in [6.07, 6.45) is 1.99. The molecule has 1 aromatic carbocycles. The molecule has 2 aliphatic rings. The van der Waals surface area contributed by atoms with Gasteiger partial charge in [-0.2, -0.15) is 10.2 Å². The Labute approximate surface area is 182 Å². The van der Waals surface area contributed by atoms with Crippen LogP contribution in [0.1, 0.15) is 40.2 Å². The van der Waals surface area contributed by atoms with Crippen LogP contribution in [0.25, 0.3) is 0 Å². The first-order valence-electron chi connectivity index (χ1n) is 11.0. The molecular weight excluding hydrogens is 390 g/mol. The lowest BCUT2D eigenvalue weighted by molar-refractivity contribution is 0.0769. The van der Waals surface area contributed by atoms with Gasteiger partial charge in [-0.05, 0) is 32.9 Å². The summed E-state index contributed by atoms with van der Waals surface area (Å²) >= 11 is 0. The maximum absolute atomic E-state index is 13.2. The van der Waals surface area contributed by atoms with Crippen molar-refractivity contribution in [1.29, 1.82) is 0 Å². The number of carbonyl (C=O) groups is 1. The molecule has 2 aliphatic heterocycles. The van der Waals surface area contributed by atoms with Gasteiger partial charge in [-0.25, -0.2) is 4.98 Å². The predicted octanol–water partition coefficient (Wildman–Crippen LogP) is 2.16. The number of hydrogen-bond donors (Lipinski definition) is 1. The molecule has 8 nitrogen and oxygen atoms in total. The van der Waals surface area contributed by atoms with E-state index in [0.29, 0.717) is 12.5 Å². The first-order valence-corrected chi connectivity index (χ1v) is 11.0. The molecule has 2 aromatic heterocycles. The van der Waals surface area contributed by atoms with Gasteiger partial charge < -0.3 is 4.90 Å². The summed E-state index contributed by atoms with van der Waals surface area (Å²) in [6, 6.07) is 9.55. The van der Waals surface area contributed by atoms with Gasteiger partial charge in [0.2, 0.25) is 0 Å². The number of aromatic nitrogens is 5. The Kier molecular flexibility index (Phi) is 4.89. The molecule has 0 saturated carbocycles. The van der Waals surface area contributed by atoms with E-state index in [0.717, 1.165) is 49.9 Å². The molecule has 2 atom stereocenters. The summed E-state index contributed by atoms with van der Waals surface area (Å²) in [5.41, 5.74) is 2.98. The van der Waals surface area contributed by atoms with E-state index >= 15 is 0 Å². The van der Waals surface area contributed by atoms with Gasteiger partial charge in [-0.15, -0.1) is 0 Å². The molecule has 1 N–H and O–H groups in total. The fourth-order valence-corrected chi connectivity index (χ4v) is 5.29. The Morgan fingerprint density at radius 2 is 2.00 bits per heavy atom. The van der Waals surface area contributed by atoms with E-state index in [4.69, 9.17) is 4.98 Å². The summed E-state index contributed by atoms with van der Waals surface area (Å²) in [6.45, 7) is 11.1. The van der Waals surface area contributed by atoms with Crippen molar-refractivity contribution in [3.05, 3.63) is 65.0 Å². The van der Waals surface area contributed by atoms with Crippen molar-refractivity contribution < 1.29 is 4.79 Å². The summed E-state index contributed by atoms with van der Waals surface area (Å²) < 4.78 is 2.04. The zero-order valence-corrected chi connectivity index (χ0v) is 18.4. The molecule has 31 heavy (non-hydrogen) atoms. The second-order valence-electron chi connectivity index (χ2n) is 8.89. The number of hydrogen-bond acceptors (Lipinski definition) is 5. The van der Waals surface area contributed by atoms with E-state index < -0.39 is 0 Å². The van der Waals surface area contributed by atoms with Crippen LogP contribution < -0.4 is 0 Å². The van der Waals surface area contributed by atoms with E-state index in [1.165, 1.54) is 11.3 Å². The zero-order chi connectivity index (χ0) is 21.6. The highest BCUT2D eigenvalue weighted by atomic mass is 16.2. The summed E-state index contributed by atoms with van der Waals surface area (Å²) in [4.78, 5) is 22.4. The van der Waals surface area contributed by atoms with Crippen LogP contribution in [-0.2, 0) is 18.5 Å². The van der Waals surface area contributed by atoms with Gasteiger partial charge in [0.1, 0.15) is 5.82 Å². The maximum atomic E-state index is 13.2. The molecule has 0 radical (unpaired) electrons. The van der Waals surface area contributed by atoms with Crippen LogP contribution in [0.2, 0.25) is 0 Å². The van der Waals surface area contributed by atoms with Crippen LogP contribution in [0.3, 0.4) is 0 Å². The molecule has 4 heterocycles. The second kappa shape index (κ2) is 7.60. The number of aryl methyl sites for hydroxylation is 2. The zero-order valence-electron chi connectivity index (χ0n) is 18.4. The van der Waals surface area contributed by atoms with Gasteiger partial charge in [-0.1, -0.05) is 18.2 Å². The number of H-pyrrole nitrogens is 1. The van der Waals surface area contributed by atoms with Gasteiger partial charge in [0, 0.05) is 62.0 Å². The van der Waals surface area contributed by atoms with Crippen LogP contribution in [0.4, 0.5) is 0 Å². The summed E-state index contributed by atoms with van der Waals surface area (Å²) in [5.74, 6) is 2.04. The molecule has 162 valence electrons. The third-order valence-corrected chi connectivity index (χ3v) is 6.93. The minimum atomic E-state index is -0.246. The highest BCUT2D eigenvalue weighted by molar-refractivity contribution is 5.94. The largest absolute Gasteiger partial charge is 0.337 e. The molecule has 8 heteroatoms. The summed E-state index contributed by atoms with van der Waals surface area (Å²) in [5, 5.41) is 12.1. The van der Waals surface area contributed by atoms with E-state index in [-0.39, 0.29) is 11.3 Å². The maximum Gasteiger partial charge on any atom is 0.253 e. The minimum absolute atomic E-state index is 0.0910. The smallest absolute Gasteiger partial charge is 0.253 e. The van der Waals surface area contributed by atoms with Crippen molar-refractivity contribution in [3.63, 3.8) is 0 Å². The number of carbonyl (C=O) groups excluding carboxylic acids is 1. The molecule has 3 aromatic rings. The molecule has 0 bridgehead atoms. The average molecular weight is 420 g/mol. The van der Waals surface area contributed by atoms with Crippen LogP contribution in [0.15, 0.2) is 36.5 Å². The first-order chi connectivity index (χ1) is 15.0. The number of nitrogens with one attached hydrogen (secondary N) is 1. The molecule has 2 fully saturated rings. The molecule has 5 rings (SSSR count). The predicted molar refractivity (Wildman–Crippen MR) is 117 cm³/mol. The van der Waals surface area contributed by atoms with Gasteiger partial charge >= 0.3 is 0 Å². The number of amides is 1. The molecule has 0 spiro atoms. The Morgan fingerprint density at radius 1 is 1.19 bits per heavy atom. The second-order valence-corrected chi connectivity index (χ2v) is 8.89. The Morgan fingerprint density at radius 3 is 2.68 bits per heavy atom. The molecular formula is C23H29N7O. The first kappa shape index (κ1) is 19.9. The summed E-state index contributed by atoms with van der Waals surface area (Å²) in [7, 11) is 0. The lowest BCUT2D eigenvalue weighted by Crippen LogP contribution is -2.40. The monoisotopic (exact) mass is 419 g/mol. The van der Waals surface area contributed by atoms with Crippen molar-refractivity contribution in [2.75, 3.05) is 26.2 Å². The van der Waals surface area contributed by atoms with Gasteiger partial charge in [0.25, 0.3) is 5.91 Å². The van der Waals surface area contributed by atoms with Crippen molar-refractivity contribution in [1.82, 2.24) is 34.8 Å². The van der Waals surface area contributed by atoms with E-state index in [9.17, 15) is 4.79 Å². The van der Waals surface area contributed by atoms with Crippen LogP contribution in [0.5, 0.6) is 0 Å². The number of benzene rings is 1. The Balaban J connectivity index is 1.41. The Bertz CT molecular complexity index is 1090. The number of rotatable bonds is 5. The third-order valence-electron chi connectivity index (χ3n) is 6.93. The highest BCUT2D eigenvalue weighted by Gasteiger charge is 2.56. The average Bonchev–Trinajstić information content (AvgIpc) is 3.52. The van der Waals surface area contributed by atoms with Crippen LogP contribution in [-0.4, -0.2) is 66.8 Å².